The fourth-order valence-corrected chi connectivity index (χ4v) is 3.13. The summed E-state index contributed by atoms with van der Waals surface area (Å²) in [6.45, 7) is 15.6. The number of ether oxygens (including phenoxy) is 14. The number of nitrogens with two attached hydrogens (primary N) is 2. The first-order valence-electron chi connectivity index (χ1n) is 16.4. The Balaban J connectivity index is 3.03. The van der Waals surface area contributed by atoms with E-state index in [4.69, 9.17) is 77.8 Å². The van der Waals surface area contributed by atoms with E-state index in [2.05, 4.69) is 0 Å². The molecule has 278 valence electrons. The van der Waals surface area contributed by atoms with Gasteiger partial charge in [0.25, 0.3) is 0 Å². The zero-order chi connectivity index (χ0) is 33.1. The van der Waals surface area contributed by atoms with Crippen molar-refractivity contribution >= 4 is 0 Å². The summed E-state index contributed by atoms with van der Waals surface area (Å²) in [6.07, 6.45) is 0. The Morgan fingerprint density at radius 1 is 0.152 bits per heavy atom. The molecule has 0 aliphatic heterocycles. The Morgan fingerprint density at radius 2 is 0.239 bits per heavy atom. The van der Waals surface area contributed by atoms with Crippen molar-refractivity contribution in [1.82, 2.24) is 0 Å². The van der Waals surface area contributed by atoms with Gasteiger partial charge in [0.15, 0.2) is 0 Å². The molecule has 46 heavy (non-hydrogen) atoms. The van der Waals surface area contributed by atoms with Crippen LogP contribution in [0.1, 0.15) is 0 Å². The molecular formula is C30H64N2O14. The predicted octanol–water partition coefficient (Wildman–Crippen LogP) is -0.864. The van der Waals surface area contributed by atoms with Gasteiger partial charge in [-0.05, 0) is 0 Å². The van der Waals surface area contributed by atoms with Crippen molar-refractivity contribution < 1.29 is 66.3 Å². The van der Waals surface area contributed by atoms with Crippen LogP contribution in [0.3, 0.4) is 0 Å². The van der Waals surface area contributed by atoms with E-state index in [-0.39, 0.29) is 0 Å². The first-order chi connectivity index (χ1) is 22.9. The van der Waals surface area contributed by atoms with Crippen LogP contribution in [-0.4, -0.2) is 198 Å². The van der Waals surface area contributed by atoms with Crippen LogP contribution in [0.25, 0.3) is 0 Å². The minimum atomic E-state index is 0.505. The van der Waals surface area contributed by atoms with Gasteiger partial charge in [-0.2, -0.15) is 0 Å². The SMILES string of the molecule is NCCOCCOCCOCCOCCOCCOCCOCCOCCOCCOCCOCCOCCOCCOCCN. The molecule has 0 unspecified atom stereocenters. The van der Waals surface area contributed by atoms with Crippen molar-refractivity contribution in [3.63, 3.8) is 0 Å². The molecule has 0 amide bonds. The van der Waals surface area contributed by atoms with Crippen LogP contribution in [0.2, 0.25) is 0 Å². The second-order valence-corrected chi connectivity index (χ2v) is 9.15. The van der Waals surface area contributed by atoms with Gasteiger partial charge < -0.3 is 77.8 Å². The summed E-state index contributed by atoms with van der Waals surface area (Å²) in [5.41, 5.74) is 10.7. The van der Waals surface area contributed by atoms with E-state index < -0.39 is 0 Å². The molecule has 0 aromatic carbocycles. The maximum Gasteiger partial charge on any atom is 0.0701 e. The molecule has 0 aromatic heterocycles. The summed E-state index contributed by atoms with van der Waals surface area (Å²) in [4.78, 5) is 0. The lowest BCUT2D eigenvalue weighted by Gasteiger charge is -2.09. The minimum Gasteiger partial charge on any atom is -0.378 e. The van der Waals surface area contributed by atoms with Crippen LogP contribution in [-0.2, 0) is 66.3 Å². The molecule has 0 aliphatic rings. The summed E-state index contributed by atoms with van der Waals surface area (Å²) in [5, 5.41) is 0. The molecule has 0 radical (unpaired) electrons. The summed E-state index contributed by atoms with van der Waals surface area (Å²) >= 11 is 0. The van der Waals surface area contributed by atoms with E-state index >= 15 is 0 Å². The average Bonchev–Trinajstić information content (AvgIpc) is 3.07. The van der Waals surface area contributed by atoms with Gasteiger partial charge in [0, 0.05) is 13.1 Å². The van der Waals surface area contributed by atoms with Gasteiger partial charge in [0.2, 0.25) is 0 Å². The third kappa shape index (κ3) is 43.4. The standard InChI is InChI=1S/C30H64N2O14/c31-1-3-33-5-7-35-9-11-37-13-15-39-17-19-41-21-23-43-25-27-45-29-30-46-28-26-44-24-22-42-20-18-40-16-14-38-12-10-36-8-6-34-4-2-32/h1-32H2. The predicted molar refractivity (Wildman–Crippen MR) is 170 cm³/mol. The molecule has 16 heteroatoms. The lowest BCUT2D eigenvalue weighted by Crippen LogP contribution is -2.16. The van der Waals surface area contributed by atoms with Gasteiger partial charge in [-0.1, -0.05) is 0 Å². The Bertz CT molecular complexity index is 488. The molecule has 0 heterocycles. The lowest BCUT2D eigenvalue weighted by molar-refractivity contribution is -0.0295. The van der Waals surface area contributed by atoms with E-state index in [0.717, 1.165) is 0 Å². The molecule has 0 rings (SSSR count). The minimum absolute atomic E-state index is 0.505. The van der Waals surface area contributed by atoms with Crippen LogP contribution in [0, 0.1) is 0 Å². The summed E-state index contributed by atoms with van der Waals surface area (Å²) in [6, 6.07) is 0. The van der Waals surface area contributed by atoms with Crippen LogP contribution in [0.5, 0.6) is 0 Å². The molecule has 0 aliphatic carbocycles. The van der Waals surface area contributed by atoms with Crippen molar-refractivity contribution in [2.45, 2.75) is 0 Å². The Kier molecular flexibility index (Phi) is 43.7. The van der Waals surface area contributed by atoms with Gasteiger partial charge >= 0.3 is 0 Å². The van der Waals surface area contributed by atoms with E-state index in [1.54, 1.807) is 0 Å². The van der Waals surface area contributed by atoms with E-state index in [1.807, 2.05) is 0 Å². The Morgan fingerprint density at radius 3 is 0.326 bits per heavy atom. The normalized spacial score (nSPS) is 11.6. The van der Waals surface area contributed by atoms with Gasteiger partial charge in [-0.15, -0.1) is 0 Å². The number of hydrogen-bond donors (Lipinski definition) is 2. The Hall–Kier alpha value is -0.640. The molecule has 0 aromatic rings. The molecule has 4 N–H and O–H groups in total. The second kappa shape index (κ2) is 44.4. The Labute approximate surface area is 276 Å². The zero-order valence-corrected chi connectivity index (χ0v) is 28.1. The van der Waals surface area contributed by atoms with Crippen molar-refractivity contribution in [3.8, 4) is 0 Å². The van der Waals surface area contributed by atoms with Crippen molar-refractivity contribution in [3.05, 3.63) is 0 Å². The average molecular weight is 677 g/mol. The zero-order valence-electron chi connectivity index (χ0n) is 28.1. The molecule has 0 saturated heterocycles. The topological polar surface area (TPSA) is 181 Å². The van der Waals surface area contributed by atoms with Gasteiger partial charge in [-0.3, -0.25) is 0 Å². The summed E-state index contributed by atoms with van der Waals surface area (Å²) in [5.74, 6) is 0. The van der Waals surface area contributed by atoms with Gasteiger partial charge in [0.05, 0.1) is 185 Å². The quantitative estimate of drug-likeness (QED) is 0.0761. The van der Waals surface area contributed by atoms with Crippen LogP contribution < -0.4 is 11.5 Å². The largest absolute Gasteiger partial charge is 0.378 e. The maximum absolute atomic E-state index is 5.48. The van der Waals surface area contributed by atoms with Gasteiger partial charge in [0.1, 0.15) is 0 Å². The molecule has 0 saturated carbocycles. The third-order valence-corrected chi connectivity index (χ3v) is 5.36. The first-order valence-corrected chi connectivity index (χ1v) is 16.4. The monoisotopic (exact) mass is 676 g/mol. The molecule has 0 spiro atoms. The summed E-state index contributed by atoms with van der Waals surface area (Å²) < 4.78 is 75.7. The highest BCUT2D eigenvalue weighted by Crippen LogP contribution is 1.88. The van der Waals surface area contributed by atoms with E-state index in [9.17, 15) is 0 Å². The van der Waals surface area contributed by atoms with Gasteiger partial charge in [-0.25, -0.2) is 0 Å². The highest BCUT2D eigenvalue weighted by Gasteiger charge is 1.97. The smallest absolute Gasteiger partial charge is 0.0701 e. The molecule has 0 fully saturated rings. The lowest BCUT2D eigenvalue weighted by atomic mass is 10.6. The van der Waals surface area contributed by atoms with E-state index in [0.29, 0.717) is 198 Å². The number of rotatable bonds is 43. The molecular weight excluding hydrogens is 612 g/mol. The molecule has 0 bridgehead atoms. The second-order valence-electron chi connectivity index (χ2n) is 9.15. The van der Waals surface area contributed by atoms with Crippen molar-refractivity contribution in [2.75, 3.05) is 198 Å². The third-order valence-electron chi connectivity index (χ3n) is 5.36. The van der Waals surface area contributed by atoms with E-state index in [1.165, 1.54) is 0 Å². The molecule has 16 nitrogen and oxygen atoms in total. The number of hydrogen-bond acceptors (Lipinski definition) is 16. The highest BCUT2D eigenvalue weighted by atomic mass is 16.6. The van der Waals surface area contributed by atoms with Crippen LogP contribution in [0.4, 0.5) is 0 Å². The molecule has 0 atom stereocenters. The van der Waals surface area contributed by atoms with Crippen LogP contribution >= 0.6 is 0 Å². The maximum atomic E-state index is 5.48. The van der Waals surface area contributed by atoms with Crippen molar-refractivity contribution in [1.29, 1.82) is 0 Å². The summed E-state index contributed by atoms with van der Waals surface area (Å²) in [7, 11) is 0. The highest BCUT2D eigenvalue weighted by molar-refractivity contribution is 4.40. The van der Waals surface area contributed by atoms with Crippen LogP contribution in [0.15, 0.2) is 0 Å². The fraction of sp³-hybridized carbons (Fsp3) is 1.00. The first kappa shape index (κ1) is 45.4. The van der Waals surface area contributed by atoms with Crippen molar-refractivity contribution in [2.24, 2.45) is 11.5 Å². The fourth-order valence-electron chi connectivity index (χ4n) is 3.13.